The Morgan fingerprint density at radius 1 is 0.493 bits per heavy atom. The van der Waals surface area contributed by atoms with E-state index < -0.39 is 18.0 Å². The van der Waals surface area contributed by atoms with Crippen LogP contribution < -0.4 is 20.4 Å². The molecule has 10 nitrogen and oxygen atoms in total. The lowest BCUT2D eigenvalue weighted by Gasteiger charge is -2.42. The number of fused-ring (bicyclic) bond motifs is 3. The van der Waals surface area contributed by atoms with Gasteiger partial charge in [0.05, 0.1) is 29.7 Å². The van der Waals surface area contributed by atoms with Crippen LogP contribution in [0.4, 0.5) is 11.6 Å². The molecule has 396 valence electrons. The van der Waals surface area contributed by atoms with E-state index in [1.807, 2.05) is 13.8 Å². The fourth-order valence-corrected chi connectivity index (χ4v) is 13.8. The summed E-state index contributed by atoms with van der Waals surface area (Å²) in [4.78, 5) is 15.1. The highest BCUT2D eigenvalue weighted by Gasteiger charge is 2.47. The van der Waals surface area contributed by atoms with Crippen LogP contribution in [0.1, 0.15) is 181 Å². The van der Waals surface area contributed by atoms with Crippen molar-refractivity contribution in [2.24, 2.45) is 0 Å². The summed E-state index contributed by atoms with van der Waals surface area (Å²) in [6.07, 6.45) is 14.5. The van der Waals surface area contributed by atoms with E-state index in [9.17, 15) is 10.2 Å². The molecule has 10 heteroatoms. The number of anilines is 2. The molecular formula is C63H90N6O4. The van der Waals surface area contributed by atoms with Crippen LogP contribution in [0.5, 0.6) is 0 Å². The van der Waals surface area contributed by atoms with Crippen molar-refractivity contribution in [2.75, 3.05) is 36.0 Å². The molecule has 4 aromatic rings. The van der Waals surface area contributed by atoms with Gasteiger partial charge in [-0.3, -0.25) is 0 Å². The molecule has 4 aliphatic carbocycles. The van der Waals surface area contributed by atoms with E-state index in [0.717, 1.165) is 94.1 Å². The van der Waals surface area contributed by atoms with Crippen molar-refractivity contribution in [3.8, 4) is 22.5 Å². The largest absolute Gasteiger partial charge is 0.390 e. The average Bonchev–Trinajstić information content (AvgIpc) is 3.71. The molecular weight excluding hydrogens is 905 g/mol. The van der Waals surface area contributed by atoms with Gasteiger partial charge in [-0.05, 0) is 184 Å². The molecule has 5 heterocycles. The lowest BCUT2D eigenvalue weighted by molar-refractivity contribution is -0.147. The van der Waals surface area contributed by atoms with Gasteiger partial charge in [0.15, 0.2) is 5.79 Å². The van der Waals surface area contributed by atoms with Gasteiger partial charge in [-0.1, -0.05) is 91.8 Å². The topological polar surface area (TPSA) is 115 Å². The highest BCUT2D eigenvalue weighted by Crippen LogP contribution is 2.48. The molecule has 4 N–H and O–H groups in total. The molecule has 6 atom stereocenters. The predicted octanol–water partition coefficient (Wildman–Crippen LogP) is 11.7. The Morgan fingerprint density at radius 2 is 0.932 bits per heavy atom. The van der Waals surface area contributed by atoms with Crippen LogP contribution in [0, 0.1) is 0 Å². The number of aliphatic hydroxyl groups excluding tert-OH is 2. The quantitative estimate of drug-likeness (QED) is 0.136. The minimum atomic E-state index is -0.646. The van der Waals surface area contributed by atoms with Crippen molar-refractivity contribution >= 4 is 11.6 Å². The highest BCUT2D eigenvalue weighted by molar-refractivity contribution is 5.66. The standard InChI is InChI=1S/C33H47N3O2.C30H43N3O2/c1-31(2)17-18-32(3,4)25-21-22(13-14-24(25)31)26-9-8-12-29(35-26)36-19-15-23(16-20-36)34-27-10-7-11-28-30(27)38-33(5,6)37-28;1-29(2)15-16-30(3,4)23-19-20(11-12-22(23)29)24-7-6-10-27(32-24)33-17-13-21(14-18-33)31-25-8-5-9-26(34)28(25)35/h8-9,12-14,21,23,27-28,30,34H,7,10-11,15-20H2,1-6H3;6-7,10-12,19,21,25-26,28,31,34-35H,5,8-9,13-18H2,1-4H3/t27-,28-,30+;25-,26-,28+/m00/s1. The minimum absolute atomic E-state index is 0.00925. The lowest BCUT2D eigenvalue weighted by Crippen LogP contribution is -2.54. The molecule has 3 saturated heterocycles. The molecule has 0 spiro atoms. The molecule has 2 aromatic carbocycles. The third-order valence-corrected chi connectivity index (χ3v) is 18.7. The van der Waals surface area contributed by atoms with Crippen molar-refractivity contribution in [3.63, 3.8) is 0 Å². The summed E-state index contributed by atoms with van der Waals surface area (Å²) >= 11 is 0. The first-order valence-electron chi connectivity index (χ1n) is 28.6. The zero-order valence-corrected chi connectivity index (χ0v) is 46.3. The van der Waals surface area contributed by atoms with Gasteiger partial charge in [0.25, 0.3) is 0 Å². The number of aliphatic hydroxyl groups is 2. The van der Waals surface area contributed by atoms with Gasteiger partial charge < -0.3 is 40.1 Å². The van der Waals surface area contributed by atoms with Crippen molar-refractivity contribution in [2.45, 2.75) is 235 Å². The fourth-order valence-electron chi connectivity index (χ4n) is 13.8. The molecule has 7 aliphatic rings. The van der Waals surface area contributed by atoms with Gasteiger partial charge in [0.2, 0.25) is 0 Å². The fraction of sp³-hybridized carbons (Fsp3) is 0.651. The molecule has 0 bridgehead atoms. The first kappa shape index (κ1) is 52.5. The second-order valence-corrected chi connectivity index (χ2v) is 26.4. The zero-order valence-electron chi connectivity index (χ0n) is 46.3. The first-order chi connectivity index (χ1) is 34.6. The summed E-state index contributed by atoms with van der Waals surface area (Å²) in [5, 5.41) is 27.9. The van der Waals surface area contributed by atoms with Gasteiger partial charge >= 0.3 is 0 Å². The Labute approximate surface area is 438 Å². The van der Waals surface area contributed by atoms with E-state index in [-0.39, 0.29) is 39.9 Å². The third kappa shape index (κ3) is 11.3. The number of nitrogens with one attached hydrogen (secondary N) is 2. The number of pyridine rings is 2. The number of aromatic nitrogens is 2. The predicted molar refractivity (Wildman–Crippen MR) is 298 cm³/mol. The van der Waals surface area contributed by atoms with Crippen LogP contribution in [0.3, 0.4) is 0 Å². The number of benzene rings is 2. The monoisotopic (exact) mass is 995 g/mol. The van der Waals surface area contributed by atoms with E-state index in [2.05, 4.69) is 149 Å². The summed E-state index contributed by atoms with van der Waals surface area (Å²) < 4.78 is 12.5. The molecule has 0 radical (unpaired) electrons. The van der Waals surface area contributed by atoms with Crippen molar-refractivity contribution < 1.29 is 19.7 Å². The van der Waals surface area contributed by atoms with Crippen LogP contribution >= 0.6 is 0 Å². The van der Waals surface area contributed by atoms with Crippen LogP contribution in [0.15, 0.2) is 72.8 Å². The van der Waals surface area contributed by atoms with Crippen molar-refractivity contribution in [1.29, 1.82) is 0 Å². The number of nitrogens with zero attached hydrogens (tertiary/aromatic N) is 4. The van der Waals surface area contributed by atoms with E-state index in [4.69, 9.17) is 19.4 Å². The Bertz CT molecular complexity index is 2560. The number of rotatable bonds is 8. The second-order valence-electron chi connectivity index (χ2n) is 26.4. The van der Waals surface area contributed by atoms with Crippen LogP contribution in [0.2, 0.25) is 0 Å². The maximum absolute atomic E-state index is 10.3. The van der Waals surface area contributed by atoms with Crippen LogP contribution in [-0.2, 0) is 31.1 Å². The van der Waals surface area contributed by atoms with Gasteiger partial charge in [-0.25, -0.2) is 9.97 Å². The average molecular weight is 995 g/mol. The number of ether oxygens (including phenoxy) is 2. The molecule has 5 fully saturated rings. The van der Waals surface area contributed by atoms with E-state index in [1.54, 1.807) is 0 Å². The number of hydrogen-bond acceptors (Lipinski definition) is 10. The summed E-state index contributed by atoms with van der Waals surface area (Å²) in [7, 11) is 0. The van der Waals surface area contributed by atoms with Crippen LogP contribution in [-0.4, -0.2) is 101 Å². The smallest absolute Gasteiger partial charge is 0.163 e. The highest BCUT2D eigenvalue weighted by atomic mass is 16.8. The van der Waals surface area contributed by atoms with Gasteiger partial charge in [-0.15, -0.1) is 0 Å². The Hall–Kier alpha value is -3.90. The minimum Gasteiger partial charge on any atom is -0.390 e. The SMILES string of the molecule is CC1(C)CCC(C)(C)c2cc(-c3cccc(N4CCC(N[C@H]5CCC[C@H](O)[C@@H]5O)CC4)n3)ccc21.CC1(C)O[C@@H]2[C@@H](NC3CCN(c4cccc(-c5ccc6c(c5)C(C)(C)CCC6(C)C)n4)CC3)CCC[C@@H]2O1. The molecule has 73 heavy (non-hydrogen) atoms. The number of hydrogen-bond donors (Lipinski definition) is 4. The van der Waals surface area contributed by atoms with Crippen molar-refractivity contribution in [1.82, 2.24) is 20.6 Å². The van der Waals surface area contributed by atoms with E-state index in [1.165, 1.54) is 71.9 Å². The zero-order chi connectivity index (χ0) is 51.5. The third-order valence-electron chi connectivity index (χ3n) is 18.7. The molecule has 2 saturated carbocycles. The molecule has 3 aliphatic heterocycles. The van der Waals surface area contributed by atoms with Gasteiger partial charge in [0, 0.05) is 61.5 Å². The first-order valence-corrected chi connectivity index (χ1v) is 28.6. The second kappa shape index (κ2) is 20.6. The van der Waals surface area contributed by atoms with Crippen LogP contribution in [0.25, 0.3) is 22.5 Å². The summed E-state index contributed by atoms with van der Waals surface area (Å²) in [6, 6.07) is 28.3. The molecule has 0 unspecified atom stereocenters. The van der Waals surface area contributed by atoms with Gasteiger partial charge in [-0.2, -0.15) is 0 Å². The summed E-state index contributed by atoms with van der Waals surface area (Å²) in [5.41, 5.74) is 11.4. The maximum Gasteiger partial charge on any atom is 0.163 e. The molecule has 2 aromatic heterocycles. The van der Waals surface area contributed by atoms with Crippen molar-refractivity contribution in [3.05, 3.63) is 95.1 Å². The Morgan fingerprint density at radius 3 is 1.42 bits per heavy atom. The molecule has 0 amide bonds. The maximum atomic E-state index is 10.3. The van der Waals surface area contributed by atoms with E-state index in [0.29, 0.717) is 24.5 Å². The van der Waals surface area contributed by atoms with E-state index >= 15 is 0 Å². The molecule has 11 rings (SSSR count). The Balaban J connectivity index is 0.000000168. The summed E-state index contributed by atoms with van der Waals surface area (Å²) in [5.74, 6) is 1.69. The normalized spacial score (nSPS) is 29.3. The lowest BCUT2D eigenvalue weighted by atomic mass is 9.63. The number of piperidine rings is 2. The summed E-state index contributed by atoms with van der Waals surface area (Å²) in [6.45, 7) is 27.1. The Kier molecular flexibility index (Phi) is 14.8. The van der Waals surface area contributed by atoms with Gasteiger partial charge in [0.1, 0.15) is 17.7 Å².